The first kappa shape index (κ1) is 26.4. The lowest BCUT2D eigenvalue weighted by atomic mass is 9.88. The summed E-state index contributed by atoms with van der Waals surface area (Å²) in [5, 5.41) is 22.3. The number of rotatable bonds is 9. The number of carbonyl (C=O) groups excluding carboxylic acids is 2. The number of methoxy groups -OCH3 is 1. The molecule has 3 unspecified atom stereocenters. The number of ether oxygens (including phenoxy) is 2. The summed E-state index contributed by atoms with van der Waals surface area (Å²) in [5.74, 6) is -1.27. The third-order valence-electron chi connectivity index (χ3n) is 4.65. The van der Waals surface area contributed by atoms with Crippen molar-refractivity contribution in [1.82, 2.24) is 10.2 Å². The van der Waals surface area contributed by atoms with E-state index in [0.29, 0.717) is 14.2 Å². The van der Waals surface area contributed by atoms with Gasteiger partial charge in [-0.3, -0.25) is 9.59 Å². The fourth-order valence-corrected chi connectivity index (χ4v) is 3.77. The normalized spacial score (nSPS) is 21.0. The van der Waals surface area contributed by atoms with Gasteiger partial charge in [0.1, 0.15) is 31.1 Å². The van der Waals surface area contributed by atoms with Gasteiger partial charge in [-0.15, -0.1) is 0 Å². The minimum absolute atomic E-state index is 0.0297. The van der Waals surface area contributed by atoms with Crippen LogP contribution in [0.1, 0.15) is 6.42 Å². The van der Waals surface area contributed by atoms with Crippen LogP contribution in [-0.4, -0.2) is 84.8 Å². The number of hydrogen-bond donors (Lipinski definition) is 3. The Morgan fingerprint density at radius 2 is 2.00 bits per heavy atom. The Bertz CT molecular complexity index is 836. The van der Waals surface area contributed by atoms with Gasteiger partial charge in [0.25, 0.3) is 0 Å². The summed E-state index contributed by atoms with van der Waals surface area (Å²) < 4.78 is 50.9. The van der Waals surface area contributed by atoms with E-state index < -0.39 is 49.4 Å². The number of amides is 2. The number of nitrogens with one attached hydrogen (secondary N) is 1. The van der Waals surface area contributed by atoms with Gasteiger partial charge < -0.3 is 29.9 Å². The van der Waals surface area contributed by atoms with Gasteiger partial charge in [0.2, 0.25) is 11.8 Å². The summed E-state index contributed by atoms with van der Waals surface area (Å²) in [6.07, 6.45) is -6.51. The van der Waals surface area contributed by atoms with Crippen molar-refractivity contribution in [3.8, 4) is 5.75 Å². The number of hydrogen-bond acceptors (Lipinski definition) is 6. The molecule has 178 valence electrons. The predicted octanol–water partition coefficient (Wildman–Crippen LogP) is 1.24. The molecule has 0 fully saturated rings. The average molecular weight is 572 g/mol. The largest absolute Gasteiger partial charge is 0.482 e. The molecule has 1 aliphatic rings. The van der Waals surface area contributed by atoms with Crippen molar-refractivity contribution in [2.75, 3.05) is 33.4 Å². The molecule has 0 heterocycles. The van der Waals surface area contributed by atoms with Crippen LogP contribution in [0.15, 0.2) is 35.9 Å². The van der Waals surface area contributed by atoms with Gasteiger partial charge in [-0.1, -0.05) is 12.1 Å². The second kappa shape index (κ2) is 11.8. The molecule has 2 amide bonds. The molecule has 3 atom stereocenters. The van der Waals surface area contributed by atoms with Crippen molar-refractivity contribution in [3.63, 3.8) is 0 Å². The van der Waals surface area contributed by atoms with Gasteiger partial charge in [-0.25, -0.2) is 0 Å². The fraction of sp³-hybridized carbons (Fsp3) is 0.500. The van der Waals surface area contributed by atoms with Crippen LogP contribution < -0.4 is 10.1 Å². The summed E-state index contributed by atoms with van der Waals surface area (Å²) in [4.78, 5) is 25.4. The third-order valence-corrected chi connectivity index (χ3v) is 5.54. The number of aliphatic hydroxyl groups excluding tert-OH is 2. The van der Waals surface area contributed by atoms with Gasteiger partial charge in [0.15, 0.2) is 0 Å². The van der Waals surface area contributed by atoms with Gasteiger partial charge in [-0.05, 0) is 40.8 Å². The molecular formula is C20H24F3IN2O6. The Hall–Kier alpha value is -1.90. The molecule has 12 heteroatoms. The summed E-state index contributed by atoms with van der Waals surface area (Å²) in [6.45, 7) is -2.66. The molecular weight excluding hydrogens is 548 g/mol. The summed E-state index contributed by atoms with van der Waals surface area (Å²) in [5.41, 5.74) is 0.0297. The number of alkyl halides is 3. The van der Waals surface area contributed by atoms with Crippen molar-refractivity contribution in [1.29, 1.82) is 0 Å². The molecule has 1 aromatic rings. The van der Waals surface area contributed by atoms with Gasteiger partial charge in [-0.2, -0.15) is 13.2 Å². The summed E-state index contributed by atoms with van der Waals surface area (Å²) in [7, 11) is 1.16. The van der Waals surface area contributed by atoms with Gasteiger partial charge >= 0.3 is 6.18 Å². The van der Waals surface area contributed by atoms with Crippen LogP contribution in [0.5, 0.6) is 5.75 Å². The molecule has 1 aromatic carbocycles. The highest BCUT2D eigenvalue weighted by molar-refractivity contribution is 14.1. The standard InChI is InChI=1S/C20H24F3IN2O6/c1-31-10-17(28)26(11-20(21,22)23)14-8-12(19(30)25-6-7-27)9-16(18(14)29)32-15-5-3-2-4-13(15)24/h2-5,9,14,16,18,27,29H,6-8,10-11H2,1H3,(H,25,30). The van der Waals surface area contributed by atoms with Crippen molar-refractivity contribution in [2.24, 2.45) is 0 Å². The Morgan fingerprint density at radius 3 is 2.59 bits per heavy atom. The topological polar surface area (TPSA) is 108 Å². The lowest BCUT2D eigenvalue weighted by Gasteiger charge is -2.40. The van der Waals surface area contributed by atoms with E-state index >= 15 is 0 Å². The highest BCUT2D eigenvalue weighted by Crippen LogP contribution is 2.31. The Morgan fingerprint density at radius 1 is 1.31 bits per heavy atom. The first-order valence-electron chi connectivity index (χ1n) is 9.61. The molecule has 0 spiro atoms. The van der Waals surface area contributed by atoms with Crippen molar-refractivity contribution >= 4 is 34.4 Å². The predicted molar refractivity (Wildman–Crippen MR) is 116 cm³/mol. The quantitative estimate of drug-likeness (QED) is 0.385. The van der Waals surface area contributed by atoms with Crippen LogP contribution in [0.25, 0.3) is 0 Å². The van der Waals surface area contributed by atoms with Crippen molar-refractivity contribution in [3.05, 3.63) is 39.5 Å². The number of para-hydroxylation sites is 1. The number of carbonyl (C=O) groups is 2. The van der Waals surface area contributed by atoms with Crippen LogP contribution in [-0.2, 0) is 14.3 Å². The first-order chi connectivity index (χ1) is 15.1. The molecule has 0 saturated carbocycles. The Kier molecular flexibility index (Phi) is 9.73. The number of halogens is 4. The van der Waals surface area contributed by atoms with Crippen LogP contribution in [0.2, 0.25) is 0 Å². The molecule has 0 bridgehead atoms. The Labute approximate surface area is 196 Å². The van der Waals surface area contributed by atoms with Crippen LogP contribution in [0.4, 0.5) is 13.2 Å². The van der Waals surface area contributed by atoms with Crippen LogP contribution in [0, 0.1) is 3.57 Å². The Balaban J connectivity index is 2.42. The maximum Gasteiger partial charge on any atom is 0.406 e. The van der Waals surface area contributed by atoms with Gasteiger partial charge in [0.05, 0.1) is 16.2 Å². The zero-order chi connectivity index (χ0) is 23.9. The SMILES string of the molecule is COCC(=O)N(CC(F)(F)F)C1CC(C(=O)NCCO)=CC(Oc2ccccc2I)C1O. The number of benzene rings is 1. The van der Waals surface area contributed by atoms with Crippen molar-refractivity contribution < 1.29 is 42.4 Å². The zero-order valence-corrected chi connectivity index (χ0v) is 19.3. The molecule has 0 aliphatic heterocycles. The monoisotopic (exact) mass is 572 g/mol. The molecule has 32 heavy (non-hydrogen) atoms. The van der Waals surface area contributed by atoms with E-state index in [2.05, 4.69) is 5.32 Å². The lowest BCUT2D eigenvalue weighted by Crippen LogP contribution is -2.57. The van der Waals surface area contributed by atoms with E-state index in [1.807, 2.05) is 22.6 Å². The molecule has 8 nitrogen and oxygen atoms in total. The minimum Gasteiger partial charge on any atom is -0.482 e. The number of aliphatic hydroxyl groups is 2. The van der Waals surface area contributed by atoms with Crippen LogP contribution in [0.3, 0.4) is 0 Å². The molecule has 2 rings (SSSR count). The zero-order valence-electron chi connectivity index (χ0n) is 17.1. The molecule has 0 radical (unpaired) electrons. The van der Waals surface area contributed by atoms with Crippen LogP contribution >= 0.6 is 22.6 Å². The smallest absolute Gasteiger partial charge is 0.406 e. The molecule has 3 N–H and O–H groups in total. The molecule has 0 saturated heterocycles. The second-order valence-corrected chi connectivity index (χ2v) is 8.18. The van der Waals surface area contributed by atoms with E-state index in [9.17, 15) is 27.9 Å². The average Bonchev–Trinajstić information content (AvgIpc) is 2.73. The van der Waals surface area contributed by atoms with E-state index in [1.165, 1.54) is 6.08 Å². The maximum atomic E-state index is 13.2. The fourth-order valence-electron chi connectivity index (χ4n) is 3.26. The minimum atomic E-state index is -4.74. The van der Waals surface area contributed by atoms with E-state index in [-0.39, 0.29) is 25.1 Å². The third kappa shape index (κ3) is 7.32. The van der Waals surface area contributed by atoms with Crippen molar-refractivity contribution in [2.45, 2.75) is 30.8 Å². The highest BCUT2D eigenvalue weighted by Gasteiger charge is 2.44. The van der Waals surface area contributed by atoms with E-state index in [4.69, 9.17) is 14.6 Å². The number of nitrogens with zero attached hydrogens (tertiary/aromatic N) is 1. The first-order valence-corrected chi connectivity index (χ1v) is 10.7. The van der Waals surface area contributed by atoms with Gasteiger partial charge in [0, 0.05) is 25.6 Å². The summed E-state index contributed by atoms with van der Waals surface area (Å²) >= 11 is 1.99. The highest BCUT2D eigenvalue weighted by atomic mass is 127. The summed E-state index contributed by atoms with van der Waals surface area (Å²) in [6, 6.07) is 5.39. The molecule has 1 aliphatic carbocycles. The second-order valence-electron chi connectivity index (χ2n) is 7.02. The van der Waals surface area contributed by atoms with E-state index in [0.717, 1.165) is 7.11 Å². The maximum absolute atomic E-state index is 13.2. The molecule has 0 aromatic heterocycles. The lowest BCUT2D eigenvalue weighted by molar-refractivity contribution is -0.174. The van der Waals surface area contributed by atoms with E-state index in [1.54, 1.807) is 24.3 Å².